The van der Waals surface area contributed by atoms with Crippen LogP contribution in [0.1, 0.15) is 48.0 Å². The monoisotopic (exact) mass is 378 g/mol. The molecule has 1 aliphatic heterocycles. The van der Waals surface area contributed by atoms with E-state index in [9.17, 15) is 9.59 Å². The minimum absolute atomic E-state index is 0.00977. The summed E-state index contributed by atoms with van der Waals surface area (Å²) in [6.45, 7) is 0. The smallest absolute Gasteiger partial charge is 0.314 e. The fraction of sp³-hybridized carbons (Fsp3) is 0.304. The van der Waals surface area contributed by atoms with Crippen molar-refractivity contribution in [3.8, 4) is 17.2 Å². The third-order valence-electron chi connectivity index (χ3n) is 5.21. The number of rotatable bonds is 4. The standard InChI is InChI=1S/C23H22O5/c1-26-18-11-12-19-20(14-18)28-21(22(19)24)13-15-7-9-17(10-8-15)27-23(25)16-5-3-2-4-6-16/h7-14,16H,2-6H2,1H3/b21-13-. The lowest BCUT2D eigenvalue weighted by molar-refractivity contribution is -0.139. The molecule has 2 aromatic carbocycles. The number of fused-ring (bicyclic) bond motifs is 1. The summed E-state index contributed by atoms with van der Waals surface area (Å²) in [7, 11) is 1.57. The van der Waals surface area contributed by atoms with Crippen molar-refractivity contribution in [1.82, 2.24) is 0 Å². The Balaban J connectivity index is 1.44. The first kappa shape index (κ1) is 18.3. The summed E-state index contributed by atoms with van der Waals surface area (Å²) < 4.78 is 16.4. The number of Topliss-reactive ketones (excluding diaryl/α,β-unsaturated/α-hetero) is 1. The predicted molar refractivity (Wildman–Crippen MR) is 105 cm³/mol. The van der Waals surface area contributed by atoms with E-state index in [-0.39, 0.29) is 23.4 Å². The SMILES string of the molecule is COc1ccc2c(c1)O/C(=C\c1ccc(OC(=O)C3CCCCC3)cc1)C2=O. The maximum absolute atomic E-state index is 12.5. The van der Waals surface area contributed by atoms with E-state index in [4.69, 9.17) is 14.2 Å². The highest BCUT2D eigenvalue weighted by Gasteiger charge is 2.27. The van der Waals surface area contributed by atoms with Gasteiger partial charge in [0.25, 0.3) is 0 Å². The van der Waals surface area contributed by atoms with Gasteiger partial charge in [-0.3, -0.25) is 9.59 Å². The molecule has 28 heavy (non-hydrogen) atoms. The van der Waals surface area contributed by atoms with Crippen LogP contribution in [-0.4, -0.2) is 18.9 Å². The number of ether oxygens (including phenoxy) is 3. The topological polar surface area (TPSA) is 61.8 Å². The predicted octanol–water partition coefficient (Wildman–Crippen LogP) is 4.80. The van der Waals surface area contributed by atoms with Gasteiger partial charge in [0.1, 0.15) is 17.2 Å². The largest absolute Gasteiger partial charge is 0.497 e. The average molecular weight is 378 g/mol. The van der Waals surface area contributed by atoms with Gasteiger partial charge in [-0.05, 0) is 48.7 Å². The van der Waals surface area contributed by atoms with Gasteiger partial charge in [-0.15, -0.1) is 0 Å². The quantitative estimate of drug-likeness (QED) is 0.435. The molecule has 0 saturated heterocycles. The molecule has 5 heteroatoms. The number of carbonyl (C=O) groups is 2. The van der Waals surface area contributed by atoms with Crippen molar-refractivity contribution in [3.05, 3.63) is 59.4 Å². The van der Waals surface area contributed by atoms with Crippen molar-refractivity contribution in [1.29, 1.82) is 0 Å². The van der Waals surface area contributed by atoms with Gasteiger partial charge in [-0.25, -0.2) is 0 Å². The number of ketones is 1. The summed E-state index contributed by atoms with van der Waals surface area (Å²) in [6, 6.07) is 12.2. The molecule has 0 radical (unpaired) electrons. The number of esters is 1. The molecule has 1 heterocycles. The molecule has 2 aliphatic rings. The van der Waals surface area contributed by atoms with Crippen LogP contribution in [0.3, 0.4) is 0 Å². The van der Waals surface area contributed by atoms with Crippen LogP contribution in [0.5, 0.6) is 17.2 Å². The number of methoxy groups -OCH3 is 1. The van der Waals surface area contributed by atoms with Crippen molar-refractivity contribution in [2.45, 2.75) is 32.1 Å². The van der Waals surface area contributed by atoms with Crippen molar-refractivity contribution in [3.63, 3.8) is 0 Å². The third kappa shape index (κ3) is 3.79. The van der Waals surface area contributed by atoms with Gasteiger partial charge in [0.05, 0.1) is 18.6 Å². The van der Waals surface area contributed by atoms with Crippen molar-refractivity contribution in [2.24, 2.45) is 5.92 Å². The molecule has 144 valence electrons. The first-order valence-corrected chi connectivity index (χ1v) is 9.58. The molecular weight excluding hydrogens is 356 g/mol. The maximum Gasteiger partial charge on any atom is 0.314 e. The van der Waals surface area contributed by atoms with E-state index in [1.807, 2.05) is 0 Å². The lowest BCUT2D eigenvalue weighted by Gasteiger charge is -2.19. The first-order chi connectivity index (χ1) is 13.6. The van der Waals surface area contributed by atoms with E-state index >= 15 is 0 Å². The number of allylic oxidation sites excluding steroid dienone is 1. The summed E-state index contributed by atoms with van der Waals surface area (Å²) in [5, 5.41) is 0. The highest BCUT2D eigenvalue weighted by atomic mass is 16.5. The molecule has 0 unspecified atom stereocenters. The van der Waals surface area contributed by atoms with Crippen molar-refractivity contribution in [2.75, 3.05) is 7.11 Å². The van der Waals surface area contributed by atoms with E-state index in [0.717, 1.165) is 31.2 Å². The summed E-state index contributed by atoms with van der Waals surface area (Å²) in [6.07, 6.45) is 6.89. The summed E-state index contributed by atoms with van der Waals surface area (Å²) in [4.78, 5) is 24.7. The van der Waals surface area contributed by atoms with Crippen LogP contribution in [0.4, 0.5) is 0 Å². The van der Waals surface area contributed by atoms with Crippen LogP contribution in [0, 0.1) is 5.92 Å². The van der Waals surface area contributed by atoms with E-state index in [0.29, 0.717) is 22.8 Å². The normalized spacial score (nSPS) is 17.9. The summed E-state index contributed by atoms with van der Waals surface area (Å²) in [5.41, 5.74) is 1.31. The Morgan fingerprint density at radius 1 is 1.04 bits per heavy atom. The van der Waals surface area contributed by atoms with Gasteiger partial charge in [0.15, 0.2) is 5.76 Å². The Morgan fingerprint density at radius 2 is 1.75 bits per heavy atom. The van der Waals surface area contributed by atoms with Crippen LogP contribution in [0.2, 0.25) is 0 Å². The number of carbonyl (C=O) groups excluding carboxylic acids is 2. The van der Waals surface area contributed by atoms with Gasteiger partial charge >= 0.3 is 5.97 Å². The number of hydrogen-bond acceptors (Lipinski definition) is 5. The first-order valence-electron chi connectivity index (χ1n) is 9.58. The molecule has 1 aliphatic carbocycles. The van der Waals surface area contributed by atoms with E-state index in [1.54, 1.807) is 55.7 Å². The Labute approximate surface area is 163 Å². The average Bonchev–Trinajstić information content (AvgIpc) is 3.04. The zero-order valence-corrected chi connectivity index (χ0v) is 15.8. The van der Waals surface area contributed by atoms with Crippen LogP contribution in [-0.2, 0) is 4.79 Å². The van der Waals surface area contributed by atoms with Crippen LogP contribution in [0.25, 0.3) is 6.08 Å². The molecule has 0 spiro atoms. The van der Waals surface area contributed by atoms with E-state index in [1.165, 1.54) is 6.42 Å². The summed E-state index contributed by atoms with van der Waals surface area (Å²) in [5.74, 6) is 1.61. The second-order valence-electron chi connectivity index (χ2n) is 7.13. The van der Waals surface area contributed by atoms with E-state index < -0.39 is 0 Å². The third-order valence-corrected chi connectivity index (χ3v) is 5.21. The number of benzene rings is 2. The Kier molecular flexibility index (Phi) is 5.15. The highest BCUT2D eigenvalue weighted by molar-refractivity contribution is 6.14. The molecule has 0 bridgehead atoms. The molecular formula is C23H22O5. The minimum atomic E-state index is -0.162. The lowest BCUT2D eigenvalue weighted by atomic mass is 9.89. The molecule has 4 rings (SSSR count). The number of hydrogen-bond donors (Lipinski definition) is 0. The Bertz CT molecular complexity index is 921. The second kappa shape index (κ2) is 7.89. The van der Waals surface area contributed by atoms with Gasteiger partial charge in [-0.2, -0.15) is 0 Å². The maximum atomic E-state index is 12.5. The van der Waals surface area contributed by atoms with Gasteiger partial charge in [-0.1, -0.05) is 31.4 Å². The highest BCUT2D eigenvalue weighted by Crippen LogP contribution is 2.35. The second-order valence-corrected chi connectivity index (χ2v) is 7.13. The van der Waals surface area contributed by atoms with E-state index in [2.05, 4.69) is 0 Å². The van der Waals surface area contributed by atoms with Crippen LogP contribution >= 0.6 is 0 Å². The Morgan fingerprint density at radius 3 is 2.46 bits per heavy atom. The fourth-order valence-electron chi connectivity index (χ4n) is 3.62. The minimum Gasteiger partial charge on any atom is -0.497 e. The Hall–Kier alpha value is -3.08. The summed E-state index contributed by atoms with van der Waals surface area (Å²) >= 11 is 0. The molecule has 2 aromatic rings. The fourth-order valence-corrected chi connectivity index (χ4v) is 3.62. The lowest BCUT2D eigenvalue weighted by Crippen LogP contribution is -2.22. The zero-order valence-electron chi connectivity index (χ0n) is 15.8. The van der Waals surface area contributed by atoms with Gasteiger partial charge in [0.2, 0.25) is 5.78 Å². The molecule has 1 saturated carbocycles. The zero-order chi connectivity index (χ0) is 19.5. The van der Waals surface area contributed by atoms with Gasteiger partial charge < -0.3 is 14.2 Å². The molecule has 1 fully saturated rings. The molecule has 5 nitrogen and oxygen atoms in total. The molecule has 0 atom stereocenters. The van der Waals surface area contributed by atoms with Crippen LogP contribution < -0.4 is 14.2 Å². The molecule has 0 aromatic heterocycles. The van der Waals surface area contributed by atoms with Crippen molar-refractivity contribution >= 4 is 17.8 Å². The molecule has 0 N–H and O–H groups in total. The van der Waals surface area contributed by atoms with Crippen LogP contribution in [0.15, 0.2) is 48.2 Å². The molecule has 0 amide bonds. The van der Waals surface area contributed by atoms with Gasteiger partial charge in [0, 0.05) is 6.07 Å². The van der Waals surface area contributed by atoms with Crippen molar-refractivity contribution < 1.29 is 23.8 Å².